The quantitative estimate of drug-likeness (QED) is 0.781. The van der Waals surface area contributed by atoms with E-state index in [2.05, 4.69) is 23.1 Å². The van der Waals surface area contributed by atoms with Crippen LogP contribution in [0.2, 0.25) is 0 Å². The van der Waals surface area contributed by atoms with Crippen LogP contribution in [0, 0.1) is 13.8 Å². The third kappa shape index (κ3) is 2.56. The van der Waals surface area contributed by atoms with Gasteiger partial charge in [0.05, 0.1) is 4.88 Å². The summed E-state index contributed by atoms with van der Waals surface area (Å²) in [7, 11) is 0. The number of hydrogen-bond donors (Lipinski definition) is 1. The topological polar surface area (TPSA) is 59.2 Å². The van der Waals surface area contributed by atoms with E-state index in [0.29, 0.717) is 17.5 Å². The van der Waals surface area contributed by atoms with Crippen LogP contribution in [-0.2, 0) is 6.42 Å². The van der Waals surface area contributed by atoms with Crippen molar-refractivity contribution in [1.82, 2.24) is 10.1 Å². The number of rotatable bonds is 3. The monoisotopic (exact) mass is 300 g/mol. The number of aromatic nitrogens is 2. The molecule has 108 valence electrons. The summed E-state index contributed by atoms with van der Waals surface area (Å²) < 4.78 is 5.36. The number of benzene rings is 1. The summed E-state index contributed by atoms with van der Waals surface area (Å²) in [4.78, 5) is 6.74. The molecular weight excluding hydrogens is 284 g/mol. The minimum Gasteiger partial charge on any atom is -0.507 e. The highest BCUT2D eigenvalue weighted by molar-refractivity contribution is 7.15. The first-order valence-electron chi connectivity index (χ1n) is 6.82. The lowest BCUT2D eigenvalue weighted by molar-refractivity contribution is 0.433. The van der Waals surface area contributed by atoms with Gasteiger partial charge in [0.1, 0.15) is 5.75 Å². The van der Waals surface area contributed by atoms with Crippen LogP contribution in [0.4, 0.5) is 0 Å². The number of hydrogen-bond acceptors (Lipinski definition) is 5. The molecule has 0 aliphatic carbocycles. The van der Waals surface area contributed by atoms with Gasteiger partial charge in [-0.3, -0.25) is 0 Å². The number of phenolic OH excluding ortho intramolecular Hbond substituents is 1. The lowest BCUT2D eigenvalue weighted by Crippen LogP contribution is -1.86. The molecule has 4 nitrogen and oxygen atoms in total. The molecule has 0 unspecified atom stereocenters. The summed E-state index contributed by atoms with van der Waals surface area (Å²) in [6.07, 6.45) is 1.00. The van der Waals surface area contributed by atoms with Crippen LogP contribution in [0.3, 0.4) is 0 Å². The van der Waals surface area contributed by atoms with Gasteiger partial charge in [0, 0.05) is 10.4 Å². The van der Waals surface area contributed by atoms with Crippen molar-refractivity contribution in [3.8, 4) is 27.9 Å². The Labute approximate surface area is 127 Å². The third-order valence-electron chi connectivity index (χ3n) is 3.40. The van der Waals surface area contributed by atoms with E-state index in [4.69, 9.17) is 4.52 Å². The molecule has 0 amide bonds. The Morgan fingerprint density at radius 3 is 2.52 bits per heavy atom. The minimum atomic E-state index is 0.313. The van der Waals surface area contributed by atoms with Gasteiger partial charge in [0.15, 0.2) is 0 Å². The van der Waals surface area contributed by atoms with E-state index in [9.17, 15) is 5.11 Å². The van der Waals surface area contributed by atoms with Crippen molar-refractivity contribution in [1.29, 1.82) is 0 Å². The average molecular weight is 300 g/mol. The molecule has 2 heterocycles. The Hall–Kier alpha value is -2.14. The van der Waals surface area contributed by atoms with E-state index in [1.165, 1.54) is 4.88 Å². The summed E-state index contributed by atoms with van der Waals surface area (Å²) >= 11 is 1.67. The molecule has 1 aromatic carbocycles. The Morgan fingerprint density at radius 1 is 1.19 bits per heavy atom. The fourth-order valence-corrected chi connectivity index (χ4v) is 3.08. The van der Waals surface area contributed by atoms with Crippen molar-refractivity contribution in [2.45, 2.75) is 27.2 Å². The fourth-order valence-electron chi connectivity index (χ4n) is 2.21. The molecule has 3 aromatic rings. The van der Waals surface area contributed by atoms with Crippen molar-refractivity contribution in [2.75, 3.05) is 0 Å². The number of aryl methyl sites for hydroxylation is 3. The molecule has 0 bridgehead atoms. The normalized spacial score (nSPS) is 11.0. The molecule has 0 spiro atoms. The molecule has 0 atom stereocenters. The van der Waals surface area contributed by atoms with Crippen LogP contribution in [0.1, 0.15) is 22.9 Å². The second-order valence-corrected chi connectivity index (χ2v) is 6.17. The van der Waals surface area contributed by atoms with Gasteiger partial charge in [-0.1, -0.05) is 12.1 Å². The molecular formula is C16H16N2O2S. The van der Waals surface area contributed by atoms with Crippen LogP contribution in [-0.4, -0.2) is 15.2 Å². The SMILES string of the molecule is CCc1ccc(-c2nc(-c3cc(C)c(O)c(C)c3)no2)s1. The van der Waals surface area contributed by atoms with E-state index in [0.717, 1.165) is 28.0 Å². The Kier molecular flexibility index (Phi) is 3.51. The molecule has 0 fully saturated rings. The lowest BCUT2D eigenvalue weighted by atomic mass is 10.1. The fraction of sp³-hybridized carbons (Fsp3) is 0.250. The van der Waals surface area contributed by atoms with E-state index >= 15 is 0 Å². The highest BCUT2D eigenvalue weighted by Gasteiger charge is 2.14. The van der Waals surface area contributed by atoms with Crippen molar-refractivity contribution < 1.29 is 9.63 Å². The average Bonchev–Trinajstić information content (AvgIpc) is 3.12. The van der Waals surface area contributed by atoms with Gasteiger partial charge in [-0.05, 0) is 55.7 Å². The molecule has 21 heavy (non-hydrogen) atoms. The molecule has 3 rings (SSSR count). The first kappa shape index (κ1) is 13.8. The van der Waals surface area contributed by atoms with Crippen LogP contribution < -0.4 is 0 Å². The standard InChI is InChI=1S/C16H16N2O2S/c1-4-12-5-6-13(21-12)16-17-15(18-20-16)11-7-9(2)14(19)10(3)8-11/h5-8,19H,4H2,1-3H3. The molecule has 2 aromatic heterocycles. The summed E-state index contributed by atoms with van der Waals surface area (Å²) in [5, 5.41) is 13.9. The largest absolute Gasteiger partial charge is 0.507 e. The number of nitrogens with zero attached hydrogens (tertiary/aromatic N) is 2. The van der Waals surface area contributed by atoms with Gasteiger partial charge < -0.3 is 9.63 Å². The Morgan fingerprint density at radius 2 is 1.90 bits per heavy atom. The molecule has 0 aliphatic rings. The van der Waals surface area contributed by atoms with Crippen LogP contribution >= 0.6 is 11.3 Å². The van der Waals surface area contributed by atoms with E-state index < -0.39 is 0 Å². The first-order valence-corrected chi connectivity index (χ1v) is 7.63. The molecule has 0 saturated heterocycles. The minimum absolute atomic E-state index is 0.313. The first-order chi connectivity index (χ1) is 10.1. The van der Waals surface area contributed by atoms with Gasteiger partial charge in [-0.25, -0.2) is 0 Å². The van der Waals surface area contributed by atoms with E-state index in [1.807, 2.05) is 32.0 Å². The zero-order valence-corrected chi connectivity index (χ0v) is 13.0. The van der Waals surface area contributed by atoms with Crippen LogP contribution in [0.25, 0.3) is 22.2 Å². The molecule has 0 aliphatic heterocycles. The number of thiophene rings is 1. The van der Waals surface area contributed by atoms with Crippen molar-refractivity contribution in [3.05, 3.63) is 40.3 Å². The molecule has 1 N–H and O–H groups in total. The smallest absolute Gasteiger partial charge is 0.268 e. The predicted molar refractivity (Wildman–Crippen MR) is 83.6 cm³/mol. The van der Waals surface area contributed by atoms with Crippen molar-refractivity contribution in [3.63, 3.8) is 0 Å². The summed E-state index contributed by atoms with van der Waals surface area (Å²) in [6.45, 7) is 5.84. The second kappa shape index (κ2) is 5.33. The van der Waals surface area contributed by atoms with Crippen LogP contribution in [0.15, 0.2) is 28.8 Å². The number of aromatic hydroxyl groups is 1. The van der Waals surface area contributed by atoms with E-state index in [1.54, 1.807) is 11.3 Å². The maximum Gasteiger partial charge on any atom is 0.268 e. The summed E-state index contributed by atoms with van der Waals surface area (Å²) in [5.74, 6) is 1.40. The second-order valence-electron chi connectivity index (χ2n) is 5.00. The molecule has 0 saturated carbocycles. The van der Waals surface area contributed by atoms with E-state index in [-0.39, 0.29) is 0 Å². The zero-order chi connectivity index (χ0) is 15.0. The van der Waals surface area contributed by atoms with Crippen molar-refractivity contribution in [2.24, 2.45) is 0 Å². The lowest BCUT2D eigenvalue weighted by Gasteiger charge is -2.04. The van der Waals surface area contributed by atoms with Gasteiger partial charge in [0.25, 0.3) is 5.89 Å². The zero-order valence-electron chi connectivity index (χ0n) is 12.2. The van der Waals surface area contributed by atoms with Gasteiger partial charge in [-0.2, -0.15) is 4.98 Å². The Bertz CT molecular complexity index is 766. The summed E-state index contributed by atoms with van der Waals surface area (Å²) in [6, 6.07) is 7.82. The van der Waals surface area contributed by atoms with Crippen LogP contribution in [0.5, 0.6) is 5.75 Å². The maximum absolute atomic E-state index is 9.83. The maximum atomic E-state index is 9.83. The highest BCUT2D eigenvalue weighted by Crippen LogP contribution is 2.31. The van der Waals surface area contributed by atoms with Crippen molar-refractivity contribution >= 4 is 11.3 Å². The molecule has 0 radical (unpaired) electrons. The summed E-state index contributed by atoms with van der Waals surface area (Å²) in [5.41, 5.74) is 2.46. The van der Waals surface area contributed by atoms with Gasteiger partial charge in [0.2, 0.25) is 5.82 Å². The Balaban J connectivity index is 1.98. The van der Waals surface area contributed by atoms with Gasteiger partial charge in [-0.15, -0.1) is 11.3 Å². The molecule has 5 heteroatoms. The van der Waals surface area contributed by atoms with Gasteiger partial charge >= 0.3 is 0 Å². The third-order valence-corrected chi connectivity index (χ3v) is 4.61. The predicted octanol–water partition coefficient (Wildman–Crippen LogP) is 4.35. The number of phenols is 1. The highest BCUT2D eigenvalue weighted by atomic mass is 32.1.